The summed E-state index contributed by atoms with van der Waals surface area (Å²) in [6.45, 7) is 10.5. The standard InChI is InChI=1S/C36H47ClFN7O8/c1-2-34(47)43-31-23-27-30(40-25-41-36(27)42-26-4-5-29(38)28(37)22-26)24-32(31)53-13-3-8-44-9-11-45(12-10-44)35(48)7-15-50-17-19-52-21-20-51-18-16-49-14-6-33(39)46/h2,4-5,22-25H,1,3,6-21H2,(H2,39,46)(H,43,47)(H,40,41,42). The van der Waals surface area contributed by atoms with Crippen molar-refractivity contribution < 1.29 is 42.5 Å². The van der Waals surface area contributed by atoms with Gasteiger partial charge in [-0.2, -0.15) is 0 Å². The lowest BCUT2D eigenvalue weighted by Crippen LogP contribution is -2.49. The van der Waals surface area contributed by atoms with E-state index in [4.69, 9.17) is 41.0 Å². The van der Waals surface area contributed by atoms with Crippen LogP contribution in [0.3, 0.4) is 0 Å². The van der Waals surface area contributed by atoms with E-state index in [1.807, 2.05) is 4.90 Å². The second kappa shape index (κ2) is 22.6. The number of amides is 3. The Balaban J connectivity index is 1.12. The molecule has 0 atom stereocenters. The third kappa shape index (κ3) is 14.5. The number of benzene rings is 2. The molecule has 0 bridgehead atoms. The Bertz CT molecular complexity index is 1660. The van der Waals surface area contributed by atoms with E-state index in [9.17, 15) is 18.8 Å². The summed E-state index contributed by atoms with van der Waals surface area (Å²) in [5.41, 5.74) is 6.56. The lowest BCUT2D eigenvalue weighted by molar-refractivity contribution is -0.134. The predicted molar refractivity (Wildman–Crippen MR) is 198 cm³/mol. The number of nitrogens with one attached hydrogen (secondary N) is 2. The van der Waals surface area contributed by atoms with E-state index >= 15 is 0 Å². The van der Waals surface area contributed by atoms with Gasteiger partial charge in [-0.15, -0.1) is 0 Å². The average Bonchev–Trinajstić information content (AvgIpc) is 3.15. The van der Waals surface area contributed by atoms with Crippen LogP contribution in [0.2, 0.25) is 5.02 Å². The highest BCUT2D eigenvalue weighted by atomic mass is 35.5. The van der Waals surface area contributed by atoms with Crippen molar-refractivity contribution in [2.45, 2.75) is 19.3 Å². The van der Waals surface area contributed by atoms with Crippen LogP contribution in [0.4, 0.5) is 21.6 Å². The molecule has 0 saturated carbocycles. The van der Waals surface area contributed by atoms with Crippen LogP contribution in [0.5, 0.6) is 5.75 Å². The van der Waals surface area contributed by atoms with E-state index < -0.39 is 17.6 Å². The Labute approximate surface area is 312 Å². The van der Waals surface area contributed by atoms with E-state index in [-0.39, 0.29) is 24.0 Å². The molecule has 4 N–H and O–H groups in total. The molecule has 1 fully saturated rings. The minimum absolute atomic E-state index is 0.0299. The van der Waals surface area contributed by atoms with Gasteiger partial charge in [0.15, 0.2) is 0 Å². The van der Waals surface area contributed by atoms with Crippen LogP contribution in [0.1, 0.15) is 19.3 Å². The summed E-state index contributed by atoms with van der Waals surface area (Å²) in [6, 6.07) is 7.69. The van der Waals surface area contributed by atoms with Gasteiger partial charge in [-0.1, -0.05) is 18.2 Å². The first-order valence-corrected chi connectivity index (χ1v) is 17.8. The van der Waals surface area contributed by atoms with Crippen LogP contribution < -0.4 is 21.1 Å². The molecule has 0 aliphatic carbocycles. The van der Waals surface area contributed by atoms with Crippen molar-refractivity contribution in [1.29, 1.82) is 0 Å². The fourth-order valence-corrected chi connectivity index (χ4v) is 5.42. The molecule has 2 aromatic carbocycles. The number of nitrogens with zero attached hydrogens (tertiary/aromatic N) is 4. The van der Waals surface area contributed by atoms with Crippen LogP contribution in [0.15, 0.2) is 49.3 Å². The zero-order valence-corrected chi connectivity index (χ0v) is 30.4. The third-order valence-corrected chi connectivity index (χ3v) is 8.32. The monoisotopic (exact) mass is 759 g/mol. The summed E-state index contributed by atoms with van der Waals surface area (Å²) in [4.78, 5) is 48.4. The number of fused-ring (bicyclic) bond motifs is 1. The van der Waals surface area contributed by atoms with Gasteiger partial charge in [-0.05, 0) is 36.8 Å². The lowest BCUT2D eigenvalue weighted by Gasteiger charge is -2.34. The summed E-state index contributed by atoms with van der Waals surface area (Å²) < 4.78 is 41.4. The van der Waals surface area contributed by atoms with Gasteiger partial charge in [0.1, 0.15) is 23.7 Å². The highest BCUT2D eigenvalue weighted by Gasteiger charge is 2.21. The third-order valence-electron chi connectivity index (χ3n) is 8.03. The Morgan fingerprint density at radius 3 is 2.19 bits per heavy atom. The van der Waals surface area contributed by atoms with E-state index in [0.717, 1.165) is 26.1 Å². The number of aromatic nitrogens is 2. The zero-order chi connectivity index (χ0) is 37.8. The Morgan fingerprint density at radius 2 is 1.55 bits per heavy atom. The molecule has 53 heavy (non-hydrogen) atoms. The summed E-state index contributed by atoms with van der Waals surface area (Å²) >= 11 is 5.95. The van der Waals surface area contributed by atoms with Gasteiger partial charge < -0.3 is 45.0 Å². The number of ether oxygens (including phenoxy) is 5. The summed E-state index contributed by atoms with van der Waals surface area (Å²) in [7, 11) is 0. The minimum Gasteiger partial charge on any atom is -0.491 e. The molecule has 15 nitrogen and oxygen atoms in total. The number of hydrogen-bond donors (Lipinski definition) is 3. The molecule has 1 aromatic heterocycles. The van der Waals surface area contributed by atoms with Crippen molar-refractivity contribution in [3.63, 3.8) is 0 Å². The van der Waals surface area contributed by atoms with Gasteiger partial charge in [0, 0.05) is 56.3 Å². The van der Waals surface area contributed by atoms with Crippen molar-refractivity contribution in [3.05, 3.63) is 60.2 Å². The molecule has 1 saturated heterocycles. The SMILES string of the molecule is C=CC(=O)Nc1cc2c(Nc3ccc(F)c(Cl)c3)ncnc2cc1OCCCN1CCN(C(=O)CCOCCOCCOCCOCCC(N)=O)CC1. The first-order valence-electron chi connectivity index (χ1n) is 17.4. The van der Waals surface area contributed by atoms with Gasteiger partial charge in [0.2, 0.25) is 17.7 Å². The van der Waals surface area contributed by atoms with E-state index in [1.54, 1.807) is 18.2 Å². The number of rotatable bonds is 24. The number of carbonyl (C=O) groups excluding carboxylic acids is 3. The molecule has 4 rings (SSSR count). The summed E-state index contributed by atoms with van der Waals surface area (Å²) in [6.07, 6.45) is 3.79. The Morgan fingerprint density at radius 1 is 0.887 bits per heavy atom. The first kappa shape index (κ1) is 41.3. The van der Waals surface area contributed by atoms with Crippen LogP contribution in [-0.2, 0) is 33.3 Å². The summed E-state index contributed by atoms with van der Waals surface area (Å²) in [5.74, 6) is -0.392. The number of hydrogen-bond acceptors (Lipinski definition) is 12. The van der Waals surface area contributed by atoms with Crippen molar-refractivity contribution in [2.75, 3.05) is 103 Å². The molecule has 1 aliphatic heterocycles. The molecular formula is C36H47ClFN7O8. The van der Waals surface area contributed by atoms with Crippen LogP contribution in [0.25, 0.3) is 10.9 Å². The Hall–Kier alpha value is -4.45. The van der Waals surface area contributed by atoms with E-state index in [1.165, 1.54) is 24.5 Å². The van der Waals surface area contributed by atoms with Crippen LogP contribution in [-0.4, -0.2) is 130 Å². The number of piperazine rings is 1. The molecule has 17 heteroatoms. The van der Waals surface area contributed by atoms with Gasteiger partial charge in [0.25, 0.3) is 0 Å². The molecule has 1 aliphatic rings. The van der Waals surface area contributed by atoms with Gasteiger partial charge in [-0.25, -0.2) is 14.4 Å². The maximum absolute atomic E-state index is 13.7. The second-order valence-electron chi connectivity index (χ2n) is 11.9. The van der Waals surface area contributed by atoms with E-state index in [2.05, 4.69) is 32.1 Å². The normalized spacial score (nSPS) is 13.2. The maximum Gasteiger partial charge on any atom is 0.247 e. The van der Waals surface area contributed by atoms with Crippen LogP contribution >= 0.6 is 11.6 Å². The first-order chi connectivity index (χ1) is 25.7. The second-order valence-corrected chi connectivity index (χ2v) is 12.3. The number of nitrogens with two attached hydrogens (primary N) is 1. The molecular weight excluding hydrogens is 713 g/mol. The lowest BCUT2D eigenvalue weighted by atomic mass is 10.1. The molecule has 0 unspecified atom stereocenters. The van der Waals surface area contributed by atoms with Gasteiger partial charge in [-0.3, -0.25) is 19.3 Å². The van der Waals surface area contributed by atoms with Crippen molar-refractivity contribution in [2.24, 2.45) is 5.73 Å². The topological polar surface area (TPSA) is 180 Å². The summed E-state index contributed by atoms with van der Waals surface area (Å²) in [5, 5.41) is 6.49. The highest BCUT2D eigenvalue weighted by molar-refractivity contribution is 6.31. The number of halogens is 2. The van der Waals surface area contributed by atoms with Crippen molar-refractivity contribution in [1.82, 2.24) is 19.8 Å². The largest absolute Gasteiger partial charge is 0.491 e. The van der Waals surface area contributed by atoms with Crippen molar-refractivity contribution in [3.8, 4) is 5.75 Å². The molecule has 0 spiro atoms. The van der Waals surface area contributed by atoms with Crippen molar-refractivity contribution >= 4 is 57.4 Å². The maximum atomic E-state index is 13.7. The molecule has 288 valence electrons. The van der Waals surface area contributed by atoms with Gasteiger partial charge >= 0.3 is 0 Å². The van der Waals surface area contributed by atoms with Crippen LogP contribution in [0, 0.1) is 5.82 Å². The average molecular weight is 760 g/mol. The minimum atomic E-state index is -0.533. The fraction of sp³-hybridized carbons (Fsp3) is 0.472. The molecule has 3 aromatic rings. The molecule has 2 heterocycles. The molecule has 3 amide bonds. The number of anilines is 3. The fourth-order valence-electron chi connectivity index (χ4n) is 5.24. The smallest absolute Gasteiger partial charge is 0.247 e. The van der Waals surface area contributed by atoms with Gasteiger partial charge in [0.05, 0.1) is 82.1 Å². The predicted octanol–water partition coefficient (Wildman–Crippen LogP) is 3.54. The Kier molecular flexibility index (Phi) is 17.6. The molecule has 0 radical (unpaired) electrons. The highest BCUT2D eigenvalue weighted by Crippen LogP contribution is 2.34. The quantitative estimate of drug-likeness (QED) is 0.0895. The number of carbonyl (C=O) groups is 3. The zero-order valence-electron chi connectivity index (χ0n) is 29.7. The van der Waals surface area contributed by atoms with E-state index in [0.29, 0.717) is 106 Å². The number of primary amides is 1.